The lowest BCUT2D eigenvalue weighted by Gasteiger charge is -2.36. The van der Waals surface area contributed by atoms with Crippen LogP contribution in [0, 0.1) is 5.41 Å². The number of piperidine rings is 1. The normalized spacial score (nSPS) is 19.9. The topological polar surface area (TPSA) is 66.8 Å². The summed E-state index contributed by atoms with van der Waals surface area (Å²) in [5, 5.41) is 8.77. The van der Waals surface area contributed by atoms with E-state index in [1.807, 2.05) is 0 Å². The molecule has 15 heavy (non-hydrogen) atoms. The van der Waals surface area contributed by atoms with Gasteiger partial charge in [-0.25, -0.2) is 4.79 Å². The van der Waals surface area contributed by atoms with Gasteiger partial charge in [0.1, 0.15) is 6.29 Å². The number of nitrogens with zero attached hydrogens (tertiary/aromatic N) is 1. The van der Waals surface area contributed by atoms with E-state index >= 15 is 0 Å². The number of methoxy groups -OCH3 is 1. The van der Waals surface area contributed by atoms with E-state index in [1.165, 1.54) is 4.90 Å². The number of aldehydes is 1. The third-order valence-electron chi connectivity index (χ3n) is 3.08. The minimum Gasteiger partial charge on any atom is -0.465 e. The van der Waals surface area contributed by atoms with Crippen LogP contribution in [0.5, 0.6) is 0 Å². The van der Waals surface area contributed by atoms with Crippen LogP contribution < -0.4 is 0 Å². The number of ether oxygens (including phenoxy) is 1. The van der Waals surface area contributed by atoms with E-state index in [1.54, 1.807) is 7.11 Å². The van der Waals surface area contributed by atoms with Gasteiger partial charge in [-0.15, -0.1) is 0 Å². The lowest BCUT2D eigenvalue weighted by atomic mass is 9.77. The van der Waals surface area contributed by atoms with Crippen molar-refractivity contribution in [3.8, 4) is 0 Å². The summed E-state index contributed by atoms with van der Waals surface area (Å²) >= 11 is 0. The molecule has 0 aromatic carbocycles. The quantitative estimate of drug-likeness (QED) is 0.710. The van der Waals surface area contributed by atoms with Crippen LogP contribution in [0.1, 0.15) is 19.3 Å². The summed E-state index contributed by atoms with van der Waals surface area (Å²) in [6.45, 7) is 1.43. The molecule has 0 unspecified atom stereocenters. The van der Waals surface area contributed by atoms with E-state index in [4.69, 9.17) is 9.84 Å². The second-order valence-corrected chi connectivity index (χ2v) is 3.99. The maximum Gasteiger partial charge on any atom is 0.407 e. The molecule has 1 aliphatic heterocycles. The minimum atomic E-state index is -0.902. The van der Waals surface area contributed by atoms with Crippen LogP contribution in [0.3, 0.4) is 0 Å². The van der Waals surface area contributed by atoms with E-state index in [9.17, 15) is 9.59 Å². The number of hydrogen-bond acceptors (Lipinski definition) is 3. The number of amides is 1. The number of carboxylic acid groups (broad SMARTS) is 1. The van der Waals surface area contributed by atoms with Crippen LogP contribution in [0.25, 0.3) is 0 Å². The fourth-order valence-electron chi connectivity index (χ4n) is 1.88. The Morgan fingerprint density at radius 1 is 1.53 bits per heavy atom. The third-order valence-corrected chi connectivity index (χ3v) is 3.08. The summed E-state index contributed by atoms with van der Waals surface area (Å²) in [6.07, 6.45) is 1.95. The van der Waals surface area contributed by atoms with Crippen molar-refractivity contribution in [3.05, 3.63) is 0 Å². The molecule has 1 amide bonds. The van der Waals surface area contributed by atoms with Crippen molar-refractivity contribution in [3.63, 3.8) is 0 Å². The first-order valence-electron chi connectivity index (χ1n) is 5.07. The van der Waals surface area contributed by atoms with Gasteiger partial charge in [-0.1, -0.05) is 0 Å². The molecule has 0 radical (unpaired) electrons. The minimum absolute atomic E-state index is 0.373. The fourth-order valence-corrected chi connectivity index (χ4v) is 1.88. The highest BCUT2D eigenvalue weighted by Crippen LogP contribution is 2.32. The molecule has 5 heteroatoms. The Kier molecular flexibility index (Phi) is 4.08. The number of carbonyl (C=O) groups excluding carboxylic acids is 1. The second-order valence-electron chi connectivity index (χ2n) is 3.99. The lowest BCUT2D eigenvalue weighted by molar-refractivity contribution is -0.119. The first-order valence-corrected chi connectivity index (χ1v) is 5.07. The van der Waals surface area contributed by atoms with Crippen LogP contribution in [0.4, 0.5) is 4.79 Å². The van der Waals surface area contributed by atoms with Crippen molar-refractivity contribution in [2.45, 2.75) is 19.3 Å². The Morgan fingerprint density at radius 2 is 2.13 bits per heavy atom. The predicted molar refractivity (Wildman–Crippen MR) is 53.8 cm³/mol. The molecule has 5 nitrogen and oxygen atoms in total. The van der Waals surface area contributed by atoms with Crippen LogP contribution in [-0.2, 0) is 9.53 Å². The van der Waals surface area contributed by atoms with Crippen LogP contribution in [0.2, 0.25) is 0 Å². The summed E-state index contributed by atoms with van der Waals surface area (Å²) in [5.41, 5.74) is -0.373. The highest BCUT2D eigenvalue weighted by atomic mass is 16.5. The van der Waals surface area contributed by atoms with Gasteiger partial charge in [0, 0.05) is 32.2 Å². The molecular formula is C10H17NO4. The molecule has 0 aromatic heterocycles. The largest absolute Gasteiger partial charge is 0.465 e. The number of hydrogen-bond donors (Lipinski definition) is 1. The molecule has 1 heterocycles. The van der Waals surface area contributed by atoms with Crippen molar-refractivity contribution in [1.82, 2.24) is 4.90 Å². The molecule has 0 aromatic rings. The third kappa shape index (κ3) is 2.92. The standard InChI is InChI=1S/C10H17NO4/c1-15-7-4-10(8-12)2-5-11(6-3-10)9(13)14/h8H,2-7H2,1H3,(H,13,14). The first-order chi connectivity index (χ1) is 7.13. The first kappa shape index (κ1) is 12.0. The molecule has 1 rings (SSSR count). The van der Waals surface area contributed by atoms with Gasteiger partial charge in [0.15, 0.2) is 0 Å². The summed E-state index contributed by atoms with van der Waals surface area (Å²) in [5.74, 6) is 0. The zero-order chi connectivity index (χ0) is 11.3. The average Bonchev–Trinajstić information content (AvgIpc) is 2.27. The van der Waals surface area contributed by atoms with Gasteiger partial charge in [0.2, 0.25) is 0 Å². The van der Waals surface area contributed by atoms with Crippen LogP contribution in [-0.4, -0.2) is 49.2 Å². The summed E-state index contributed by atoms with van der Waals surface area (Å²) in [4.78, 5) is 23.1. The smallest absolute Gasteiger partial charge is 0.407 e. The van der Waals surface area contributed by atoms with E-state index in [0.29, 0.717) is 39.0 Å². The molecule has 0 saturated carbocycles. The highest BCUT2D eigenvalue weighted by molar-refractivity contribution is 5.66. The molecule has 86 valence electrons. The van der Waals surface area contributed by atoms with Crippen molar-refractivity contribution in [2.24, 2.45) is 5.41 Å². The van der Waals surface area contributed by atoms with Crippen LogP contribution >= 0.6 is 0 Å². The van der Waals surface area contributed by atoms with Crippen LogP contribution in [0.15, 0.2) is 0 Å². The molecule has 1 aliphatic rings. The Morgan fingerprint density at radius 3 is 2.53 bits per heavy atom. The molecule has 0 spiro atoms. The van der Waals surface area contributed by atoms with E-state index in [0.717, 1.165) is 6.29 Å². The molecule has 0 atom stereocenters. The van der Waals surface area contributed by atoms with Crippen molar-refractivity contribution in [2.75, 3.05) is 26.8 Å². The molecular weight excluding hydrogens is 198 g/mol. The van der Waals surface area contributed by atoms with E-state index in [2.05, 4.69) is 0 Å². The van der Waals surface area contributed by atoms with Gasteiger partial charge in [0.05, 0.1) is 0 Å². The van der Waals surface area contributed by atoms with Crippen molar-refractivity contribution in [1.29, 1.82) is 0 Å². The Hall–Kier alpha value is -1.10. The zero-order valence-electron chi connectivity index (χ0n) is 8.94. The van der Waals surface area contributed by atoms with Crippen molar-refractivity contribution < 1.29 is 19.4 Å². The van der Waals surface area contributed by atoms with Gasteiger partial charge < -0.3 is 19.5 Å². The van der Waals surface area contributed by atoms with Gasteiger partial charge in [-0.05, 0) is 19.3 Å². The maximum atomic E-state index is 11.0. The van der Waals surface area contributed by atoms with Crippen molar-refractivity contribution >= 4 is 12.4 Å². The molecule has 1 fully saturated rings. The number of carbonyl (C=O) groups is 2. The monoisotopic (exact) mass is 215 g/mol. The second kappa shape index (κ2) is 5.11. The Labute approximate surface area is 89.0 Å². The van der Waals surface area contributed by atoms with Gasteiger partial charge in [-0.2, -0.15) is 0 Å². The SMILES string of the molecule is COCCC1(C=O)CCN(C(=O)O)CC1. The lowest BCUT2D eigenvalue weighted by Crippen LogP contribution is -2.43. The maximum absolute atomic E-state index is 11.0. The van der Waals surface area contributed by atoms with E-state index in [-0.39, 0.29) is 5.41 Å². The summed E-state index contributed by atoms with van der Waals surface area (Å²) in [7, 11) is 1.60. The van der Waals surface area contributed by atoms with E-state index < -0.39 is 6.09 Å². The average molecular weight is 215 g/mol. The number of rotatable bonds is 4. The predicted octanol–water partition coefficient (Wildman–Crippen LogP) is 0.982. The zero-order valence-corrected chi connectivity index (χ0v) is 8.94. The Bertz CT molecular complexity index is 234. The Balaban J connectivity index is 2.50. The molecule has 0 bridgehead atoms. The molecule has 1 N–H and O–H groups in total. The van der Waals surface area contributed by atoms with Gasteiger partial charge in [-0.3, -0.25) is 0 Å². The van der Waals surface area contributed by atoms with Gasteiger partial charge >= 0.3 is 6.09 Å². The molecule has 0 aliphatic carbocycles. The number of likely N-dealkylation sites (tertiary alicyclic amines) is 1. The fraction of sp³-hybridized carbons (Fsp3) is 0.800. The molecule has 1 saturated heterocycles. The summed E-state index contributed by atoms with van der Waals surface area (Å²) in [6, 6.07) is 0. The summed E-state index contributed by atoms with van der Waals surface area (Å²) < 4.78 is 4.96. The highest BCUT2D eigenvalue weighted by Gasteiger charge is 2.35. The van der Waals surface area contributed by atoms with Gasteiger partial charge in [0.25, 0.3) is 0 Å².